The van der Waals surface area contributed by atoms with E-state index in [1.165, 1.54) is 0 Å². The Hall–Kier alpha value is -2.15. The number of carbonyl (C=O) groups excluding carboxylic acids is 1. The van der Waals surface area contributed by atoms with E-state index < -0.39 is 0 Å². The molecule has 19 heavy (non-hydrogen) atoms. The number of rotatable bonds is 2. The van der Waals surface area contributed by atoms with Crippen molar-refractivity contribution >= 4 is 22.5 Å². The summed E-state index contributed by atoms with van der Waals surface area (Å²) < 4.78 is 2.08. The van der Waals surface area contributed by atoms with E-state index in [0.717, 1.165) is 36.8 Å². The molecule has 4 heteroatoms. The van der Waals surface area contributed by atoms with Gasteiger partial charge in [-0.2, -0.15) is 0 Å². The van der Waals surface area contributed by atoms with Crippen LogP contribution in [0.1, 0.15) is 25.7 Å². The van der Waals surface area contributed by atoms with Gasteiger partial charge >= 0.3 is 0 Å². The lowest BCUT2D eigenvalue weighted by molar-refractivity contribution is -0.121. The molecule has 1 saturated carbocycles. The Morgan fingerprint density at radius 2 is 2.37 bits per heavy atom. The highest BCUT2D eigenvalue weighted by atomic mass is 16.1. The zero-order chi connectivity index (χ0) is 13.2. The van der Waals surface area contributed by atoms with Crippen LogP contribution in [0.15, 0.2) is 24.5 Å². The van der Waals surface area contributed by atoms with Crippen LogP contribution in [0.25, 0.3) is 15.9 Å². The number of hydrogen-bond donors (Lipinski definition) is 0. The van der Waals surface area contributed by atoms with Gasteiger partial charge in [-0.3, -0.25) is 4.79 Å². The van der Waals surface area contributed by atoms with Crippen LogP contribution in [0.3, 0.4) is 0 Å². The Labute approximate surface area is 111 Å². The van der Waals surface area contributed by atoms with Gasteiger partial charge in [0.2, 0.25) is 0 Å². The quantitative estimate of drug-likeness (QED) is 0.770. The molecule has 0 radical (unpaired) electrons. The zero-order valence-electron chi connectivity index (χ0n) is 10.7. The van der Waals surface area contributed by atoms with Gasteiger partial charge in [-0.15, -0.1) is 0 Å². The van der Waals surface area contributed by atoms with Crippen molar-refractivity contribution in [3.05, 3.63) is 35.9 Å². The van der Waals surface area contributed by atoms with E-state index in [4.69, 9.17) is 6.57 Å². The maximum atomic E-state index is 11.5. The van der Waals surface area contributed by atoms with Gasteiger partial charge in [0.25, 0.3) is 0 Å². The summed E-state index contributed by atoms with van der Waals surface area (Å²) in [5, 5.41) is 0. The second kappa shape index (κ2) is 4.85. The molecule has 1 aromatic heterocycles. The van der Waals surface area contributed by atoms with E-state index in [1.807, 2.05) is 18.5 Å². The predicted octanol–water partition coefficient (Wildman–Crippen LogP) is 3.35. The summed E-state index contributed by atoms with van der Waals surface area (Å²) in [6.45, 7) is 7.90. The van der Waals surface area contributed by atoms with Gasteiger partial charge in [0, 0.05) is 19.4 Å². The minimum absolute atomic E-state index is 0.377. The topological polar surface area (TPSA) is 39.2 Å². The summed E-state index contributed by atoms with van der Waals surface area (Å²) >= 11 is 0. The zero-order valence-corrected chi connectivity index (χ0v) is 10.7. The van der Waals surface area contributed by atoms with Crippen LogP contribution < -0.4 is 0 Å². The van der Waals surface area contributed by atoms with Crippen LogP contribution in [0.2, 0.25) is 0 Å². The third kappa shape index (κ3) is 2.37. The molecular weight excluding hydrogens is 238 g/mol. The SMILES string of the molecule is [C-]#[N+]c1ccc2ncn(C[C@H]3CCCC(=O)C3)c2c1. The van der Waals surface area contributed by atoms with Gasteiger partial charge in [-0.05, 0) is 30.9 Å². The molecular formula is C15H15N3O. The van der Waals surface area contributed by atoms with Gasteiger partial charge in [0.05, 0.1) is 23.9 Å². The number of fused-ring (bicyclic) bond motifs is 1. The number of imidazole rings is 1. The summed E-state index contributed by atoms with van der Waals surface area (Å²) in [5.41, 5.74) is 2.54. The molecule has 1 heterocycles. The fraction of sp³-hybridized carbons (Fsp3) is 0.400. The van der Waals surface area contributed by atoms with Crippen LogP contribution in [0.5, 0.6) is 0 Å². The minimum atomic E-state index is 0.377. The van der Waals surface area contributed by atoms with E-state index in [2.05, 4.69) is 14.4 Å². The smallest absolute Gasteiger partial charge is 0.189 e. The van der Waals surface area contributed by atoms with Crippen LogP contribution in [0.4, 0.5) is 5.69 Å². The molecule has 1 aliphatic carbocycles. The van der Waals surface area contributed by atoms with Crippen molar-refractivity contribution in [1.29, 1.82) is 0 Å². The van der Waals surface area contributed by atoms with Crippen LogP contribution in [-0.2, 0) is 11.3 Å². The maximum absolute atomic E-state index is 11.5. The number of carbonyl (C=O) groups is 1. The molecule has 96 valence electrons. The first-order chi connectivity index (χ1) is 9.26. The van der Waals surface area contributed by atoms with Gasteiger partial charge in [0.15, 0.2) is 5.69 Å². The van der Waals surface area contributed by atoms with Crippen molar-refractivity contribution in [2.24, 2.45) is 5.92 Å². The average Bonchev–Trinajstić information content (AvgIpc) is 2.81. The van der Waals surface area contributed by atoms with E-state index in [1.54, 1.807) is 6.07 Å². The lowest BCUT2D eigenvalue weighted by Crippen LogP contribution is -2.19. The lowest BCUT2D eigenvalue weighted by Gasteiger charge is -2.21. The number of benzene rings is 1. The first-order valence-corrected chi connectivity index (χ1v) is 6.60. The Morgan fingerprint density at radius 3 is 3.16 bits per heavy atom. The standard InChI is InChI=1S/C15H15N3O/c1-16-12-5-6-14-15(8-12)18(10-17-14)9-11-3-2-4-13(19)7-11/h5-6,8,10-11H,2-4,7,9H2/t11-/m0/s1. The van der Waals surface area contributed by atoms with Crippen LogP contribution in [0, 0.1) is 12.5 Å². The Morgan fingerprint density at radius 1 is 1.47 bits per heavy atom. The normalized spacial score (nSPS) is 19.5. The number of ketones is 1. The van der Waals surface area contributed by atoms with Crippen molar-refractivity contribution in [3.63, 3.8) is 0 Å². The van der Waals surface area contributed by atoms with E-state index in [0.29, 0.717) is 23.8 Å². The van der Waals surface area contributed by atoms with Gasteiger partial charge < -0.3 is 4.57 Å². The third-order valence-corrected chi connectivity index (χ3v) is 3.77. The molecule has 1 atom stereocenters. The summed E-state index contributed by atoms with van der Waals surface area (Å²) in [4.78, 5) is 19.3. The van der Waals surface area contributed by atoms with Crippen molar-refractivity contribution in [3.8, 4) is 0 Å². The molecule has 2 aromatic rings. The highest BCUT2D eigenvalue weighted by Crippen LogP contribution is 2.26. The molecule has 0 bridgehead atoms. The molecule has 1 aliphatic rings. The monoisotopic (exact) mass is 253 g/mol. The van der Waals surface area contributed by atoms with Crippen molar-refractivity contribution < 1.29 is 4.79 Å². The van der Waals surface area contributed by atoms with Crippen molar-refractivity contribution in [1.82, 2.24) is 9.55 Å². The molecule has 1 aromatic carbocycles. The lowest BCUT2D eigenvalue weighted by atomic mass is 9.88. The summed E-state index contributed by atoms with van der Waals surface area (Å²) in [5.74, 6) is 0.790. The summed E-state index contributed by atoms with van der Waals surface area (Å²) in [7, 11) is 0. The fourth-order valence-corrected chi connectivity index (χ4v) is 2.81. The van der Waals surface area contributed by atoms with Crippen LogP contribution >= 0.6 is 0 Å². The highest BCUT2D eigenvalue weighted by Gasteiger charge is 2.20. The Kier molecular flexibility index (Phi) is 3.04. The number of Topliss-reactive ketones (excluding diaryl/α,β-unsaturated/α-hetero) is 1. The first kappa shape index (κ1) is 11.9. The third-order valence-electron chi connectivity index (χ3n) is 3.77. The van der Waals surface area contributed by atoms with Gasteiger partial charge in [0.1, 0.15) is 5.78 Å². The highest BCUT2D eigenvalue weighted by molar-refractivity contribution is 5.80. The molecule has 0 spiro atoms. The molecule has 0 saturated heterocycles. The predicted molar refractivity (Wildman–Crippen MR) is 73.0 cm³/mol. The average molecular weight is 253 g/mol. The van der Waals surface area contributed by atoms with Crippen molar-refractivity contribution in [2.45, 2.75) is 32.2 Å². The molecule has 4 nitrogen and oxygen atoms in total. The molecule has 0 amide bonds. The molecule has 0 aliphatic heterocycles. The number of aromatic nitrogens is 2. The van der Waals surface area contributed by atoms with E-state index in [9.17, 15) is 4.79 Å². The van der Waals surface area contributed by atoms with Crippen LogP contribution in [-0.4, -0.2) is 15.3 Å². The van der Waals surface area contributed by atoms with Crippen molar-refractivity contribution in [2.75, 3.05) is 0 Å². The molecule has 3 rings (SSSR count). The van der Waals surface area contributed by atoms with Gasteiger partial charge in [-0.25, -0.2) is 9.83 Å². The second-order valence-electron chi connectivity index (χ2n) is 5.18. The molecule has 0 unspecified atom stereocenters. The Balaban J connectivity index is 1.88. The first-order valence-electron chi connectivity index (χ1n) is 6.60. The summed E-state index contributed by atoms with van der Waals surface area (Å²) in [6, 6.07) is 5.54. The maximum Gasteiger partial charge on any atom is 0.189 e. The van der Waals surface area contributed by atoms with Gasteiger partial charge in [-0.1, -0.05) is 6.07 Å². The number of hydrogen-bond acceptors (Lipinski definition) is 2. The molecule has 1 fully saturated rings. The fourth-order valence-electron chi connectivity index (χ4n) is 2.81. The van der Waals surface area contributed by atoms with E-state index >= 15 is 0 Å². The number of nitrogens with zero attached hydrogens (tertiary/aromatic N) is 3. The minimum Gasteiger partial charge on any atom is -0.331 e. The summed E-state index contributed by atoms with van der Waals surface area (Å²) in [6.07, 6.45) is 5.35. The second-order valence-corrected chi connectivity index (χ2v) is 5.18. The molecule has 0 N–H and O–H groups in total. The largest absolute Gasteiger partial charge is 0.331 e. The van der Waals surface area contributed by atoms with E-state index in [-0.39, 0.29) is 0 Å². The Bertz CT molecular complexity index is 666.